The van der Waals surface area contributed by atoms with Crippen molar-refractivity contribution in [1.82, 2.24) is 0 Å². The van der Waals surface area contributed by atoms with Crippen LogP contribution in [0.5, 0.6) is 5.75 Å². The molecule has 0 aromatic heterocycles. The molecule has 2 rings (SSSR count). The summed E-state index contributed by atoms with van der Waals surface area (Å²) in [6, 6.07) is 9.53. The molecule has 98 valence electrons. The Bertz CT molecular complexity index is 621. The van der Waals surface area contributed by atoms with Crippen molar-refractivity contribution >= 4 is 34.8 Å². The van der Waals surface area contributed by atoms with Gasteiger partial charge in [-0.25, -0.2) is 0 Å². The van der Waals surface area contributed by atoms with Crippen LogP contribution in [-0.2, 0) is 0 Å². The van der Waals surface area contributed by atoms with E-state index in [0.717, 1.165) is 0 Å². The Morgan fingerprint density at radius 3 is 2.42 bits per heavy atom. The molecule has 0 aliphatic carbocycles. The van der Waals surface area contributed by atoms with Gasteiger partial charge in [0.1, 0.15) is 5.75 Å². The molecule has 1 amide bonds. The van der Waals surface area contributed by atoms with Gasteiger partial charge in [-0.3, -0.25) is 4.79 Å². The molecule has 0 saturated heterocycles. The Morgan fingerprint density at radius 2 is 1.79 bits per heavy atom. The first-order valence-electron chi connectivity index (χ1n) is 5.53. The Balaban J connectivity index is 2.28. The third-order valence-electron chi connectivity index (χ3n) is 2.68. The van der Waals surface area contributed by atoms with Crippen molar-refractivity contribution in [1.29, 1.82) is 0 Å². The lowest BCUT2D eigenvalue weighted by molar-refractivity contribution is 0.102. The predicted octanol–water partition coefficient (Wildman–Crippen LogP) is 4.26. The van der Waals surface area contributed by atoms with Crippen LogP contribution in [0.2, 0.25) is 10.0 Å². The van der Waals surface area contributed by atoms with Crippen LogP contribution in [0.1, 0.15) is 15.9 Å². The van der Waals surface area contributed by atoms with E-state index in [1.165, 1.54) is 12.1 Å². The summed E-state index contributed by atoms with van der Waals surface area (Å²) in [6.07, 6.45) is 0. The number of phenols is 1. The molecule has 5 heteroatoms. The zero-order valence-corrected chi connectivity index (χ0v) is 11.6. The highest BCUT2D eigenvalue weighted by molar-refractivity contribution is 6.35. The number of amides is 1. The average Bonchev–Trinajstić information content (AvgIpc) is 2.33. The largest absolute Gasteiger partial charge is 0.508 e. The third kappa shape index (κ3) is 3.19. The van der Waals surface area contributed by atoms with Gasteiger partial charge in [-0.1, -0.05) is 29.3 Å². The number of carbonyl (C=O) groups is 1. The van der Waals surface area contributed by atoms with Gasteiger partial charge in [0, 0.05) is 26.9 Å². The Labute approximate surface area is 120 Å². The van der Waals surface area contributed by atoms with Crippen LogP contribution in [0.3, 0.4) is 0 Å². The zero-order chi connectivity index (χ0) is 14.0. The van der Waals surface area contributed by atoms with Gasteiger partial charge >= 0.3 is 0 Å². The van der Waals surface area contributed by atoms with Crippen molar-refractivity contribution in [2.75, 3.05) is 5.32 Å². The fourth-order valence-corrected chi connectivity index (χ4v) is 2.16. The average molecular weight is 296 g/mol. The second-order valence-corrected chi connectivity index (χ2v) is 4.93. The highest BCUT2D eigenvalue weighted by Crippen LogP contribution is 2.25. The van der Waals surface area contributed by atoms with Crippen molar-refractivity contribution in [3.63, 3.8) is 0 Å². The van der Waals surface area contributed by atoms with Gasteiger partial charge in [0.15, 0.2) is 0 Å². The molecule has 0 aliphatic heterocycles. The van der Waals surface area contributed by atoms with Crippen LogP contribution in [0.4, 0.5) is 5.69 Å². The van der Waals surface area contributed by atoms with E-state index in [2.05, 4.69) is 5.32 Å². The summed E-state index contributed by atoms with van der Waals surface area (Å²) in [4.78, 5) is 12.1. The smallest absolute Gasteiger partial charge is 0.255 e. The van der Waals surface area contributed by atoms with Crippen molar-refractivity contribution in [3.8, 4) is 5.75 Å². The number of benzene rings is 2. The summed E-state index contributed by atoms with van der Waals surface area (Å²) in [5.74, 6) is -0.208. The SMILES string of the molecule is Cc1c(O)cccc1NC(=O)c1cc(Cl)cc(Cl)c1. The van der Waals surface area contributed by atoms with Gasteiger partial charge in [-0.05, 0) is 37.3 Å². The zero-order valence-electron chi connectivity index (χ0n) is 10.1. The maximum Gasteiger partial charge on any atom is 0.255 e. The van der Waals surface area contributed by atoms with Crippen LogP contribution >= 0.6 is 23.2 Å². The summed E-state index contributed by atoms with van der Waals surface area (Å²) in [6.45, 7) is 1.72. The molecule has 3 nitrogen and oxygen atoms in total. The number of phenolic OH excluding ortho intramolecular Hbond substituents is 1. The number of anilines is 1. The topological polar surface area (TPSA) is 49.3 Å². The van der Waals surface area contributed by atoms with E-state index in [1.807, 2.05) is 0 Å². The first kappa shape index (κ1) is 13.7. The molecule has 0 bridgehead atoms. The number of halogens is 2. The monoisotopic (exact) mass is 295 g/mol. The molecule has 0 fully saturated rings. The van der Waals surface area contributed by atoms with Crippen molar-refractivity contribution in [2.24, 2.45) is 0 Å². The first-order chi connectivity index (χ1) is 8.97. The second kappa shape index (κ2) is 5.51. The summed E-state index contributed by atoms with van der Waals surface area (Å²) < 4.78 is 0. The van der Waals surface area contributed by atoms with Crippen LogP contribution in [0, 0.1) is 6.92 Å². The van der Waals surface area contributed by atoms with E-state index in [1.54, 1.807) is 31.2 Å². The summed E-state index contributed by atoms with van der Waals surface area (Å²) in [5.41, 5.74) is 1.50. The van der Waals surface area contributed by atoms with E-state index in [0.29, 0.717) is 26.9 Å². The summed E-state index contributed by atoms with van der Waals surface area (Å²) >= 11 is 11.7. The van der Waals surface area contributed by atoms with Crippen molar-refractivity contribution in [3.05, 3.63) is 57.6 Å². The van der Waals surface area contributed by atoms with E-state index >= 15 is 0 Å². The van der Waals surface area contributed by atoms with Crippen LogP contribution < -0.4 is 5.32 Å². The molecule has 0 radical (unpaired) electrons. The highest BCUT2D eigenvalue weighted by atomic mass is 35.5. The molecule has 2 aromatic carbocycles. The number of rotatable bonds is 2. The molecule has 2 aromatic rings. The van der Waals surface area contributed by atoms with Gasteiger partial charge < -0.3 is 10.4 Å². The standard InChI is InChI=1S/C14H11Cl2NO2/c1-8-12(3-2-4-13(8)18)17-14(19)9-5-10(15)7-11(16)6-9/h2-7,18H,1H3,(H,17,19). The lowest BCUT2D eigenvalue weighted by Crippen LogP contribution is -2.12. The van der Waals surface area contributed by atoms with Crippen molar-refractivity contribution in [2.45, 2.75) is 6.92 Å². The molecular weight excluding hydrogens is 285 g/mol. The minimum atomic E-state index is -0.335. The van der Waals surface area contributed by atoms with Gasteiger partial charge in [-0.15, -0.1) is 0 Å². The van der Waals surface area contributed by atoms with Gasteiger partial charge in [0.2, 0.25) is 0 Å². The van der Waals surface area contributed by atoms with E-state index in [4.69, 9.17) is 23.2 Å². The molecular formula is C14H11Cl2NO2. The Morgan fingerprint density at radius 1 is 1.16 bits per heavy atom. The van der Waals surface area contributed by atoms with E-state index in [9.17, 15) is 9.90 Å². The summed E-state index contributed by atoms with van der Waals surface area (Å²) in [5, 5.41) is 13.1. The number of hydrogen-bond donors (Lipinski definition) is 2. The Kier molecular flexibility index (Phi) is 3.98. The Hall–Kier alpha value is -1.71. The van der Waals surface area contributed by atoms with E-state index < -0.39 is 0 Å². The maximum absolute atomic E-state index is 12.1. The summed E-state index contributed by atoms with van der Waals surface area (Å²) in [7, 11) is 0. The van der Waals surface area contributed by atoms with Crippen molar-refractivity contribution < 1.29 is 9.90 Å². The minimum absolute atomic E-state index is 0.127. The molecule has 0 heterocycles. The molecule has 19 heavy (non-hydrogen) atoms. The normalized spacial score (nSPS) is 10.3. The third-order valence-corrected chi connectivity index (χ3v) is 3.11. The van der Waals surface area contributed by atoms with Crippen LogP contribution in [-0.4, -0.2) is 11.0 Å². The molecule has 0 atom stereocenters. The first-order valence-corrected chi connectivity index (χ1v) is 6.29. The van der Waals surface area contributed by atoms with Gasteiger partial charge in [0.25, 0.3) is 5.91 Å². The van der Waals surface area contributed by atoms with Gasteiger partial charge in [-0.2, -0.15) is 0 Å². The van der Waals surface area contributed by atoms with Crippen LogP contribution in [0.25, 0.3) is 0 Å². The maximum atomic E-state index is 12.1. The molecule has 0 saturated carbocycles. The van der Waals surface area contributed by atoms with Gasteiger partial charge in [0.05, 0.1) is 0 Å². The number of hydrogen-bond acceptors (Lipinski definition) is 2. The lowest BCUT2D eigenvalue weighted by atomic mass is 10.1. The number of nitrogens with one attached hydrogen (secondary N) is 1. The molecule has 0 unspecified atom stereocenters. The second-order valence-electron chi connectivity index (χ2n) is 4.06. The number of carbonyl (C=O) groups excluding carboxylic acids is 1. The molecule has 2 N–H and O–H groups in total. The fourth-order valence-electron chi connectivity index (χ4n) is 1.64. The molecule has 0 spiro atoms. The quantitative estimate of drug-likeness (QED) is 0.870. The minimum Gasteiger partial charge on any atom is -0.508 e. The van der Waals surface area contributed by atoms with Crippen LogP contribution in [0.15, 0.2) is 36.4 Å². The highest BCUT2D eigenvalue weighted by Gasteiger charge is 2.10. The number of aromatic hydroxyl groups is 1. The lowest BCUT2D eigenvalue weighted by Gasteiger charge is -2.10. The molecule has 0 aliphatic rings. The predicted molar refractivity (Wildman–Crippen MR) is 77.3 cm³/mol. The van der Waals surface area contributed by atoms with E-state index in [-0.39, 0.29) is 11.7 Å². The fraction of sp³-hybridized carbons (Fsp3) is 0.0714.